The highest BCUT2D eigenvalue weighted by molar-refractivity contribution is 5.71. The summed E-state index contributed by atoms with van der Waals surface area (Å²) in [6.45, 7) is 31.8. The molecule has 0 saturated carbocycles. The molecule has 0 radical (unpaired) electrons. The molecule has 0 fully saturated rings. The van der Waals surface area contributed by atoms with Crippen molar-refractivity contribution in [2.24, 2.45) is 0 Å². The first-order valence-corrected chi connectivity index (χ1v) is 14.9. The maximum Gasteiger partial charge on any atom is -0.0103 e. The highest BCUT2D eigenvalue weighted by Crippen LogP contribution is 2.36. The largest absolute Gasteiger partial charge is 0.0990 e. The Balaban J connectivity index is 7.57. The minimum atomic E-state index is 0.854. The zero-order valence-corrected chi connectivity index (χ0v) is 27.0. The topological polar surface area (TPSA) is 0 Å². The van der Waals surface area contributed by atoms with E-state index in [1.54, 1.807) is 0 Å². The molecule has 0 rings (SSSR count). The fourth-order valence-corrected chi connectivity index (χ4v) is 4.27. The van der Waals surface area contributed by atoms with Crippen molar-refractivity contribution in [2.75, 3.05) is 0 Å². The fraction of sp³-hybridized carbons (Fsp3) is 0.268. The summed E-state index contributed by atoms with van der Waals surface area (Å²) in [6, 6.07) is 0. The second kappa shape index (κ2) is 22.9. The smallest absolute Gasteiger partial charge is 0.0103 e. The second-order valence-electron chi connectivity index (χ2n) is 9.42. The molecule has 0 atom stereocenters. The van der Waals surface area contributed by atoms with Crippen molar-refractivity contribution in [2.45, 2.75) is 74.1 Å². The molecule has 0 amide bonds. The van der Waals surface area contributed by atoms with E-state index in [4.69, 9.17) is 0 Å². The lowest BCUT2D eigenvalue weighted by atomic mass is 9.83. The summed E-state index contributed by atoms with van der Waals surface area (Å²) in [5.41, 5.74) is 9.40. The second-order valence-corrected chi connectivity index (χ2v) is 9.42. The van der Waals surface area contributed by atoms with E-state index in [0.29, 0.717) is 0 Å². The fourth-order valence-electron chi connectivity index (χ4n) is 4.27. The third-order valence-corrected chi connectivity index (χ3v) is 6.41. The van der Waals surface area contributed by atoms with E-state index < -0.39 is 0 Å². The standard InChI is InChI=1S/C41H54/c1-12-21-24-29-33(10)34(11)39(31-23-14-3)41(28-17-6)38(20-9)37(19-8)40(27-16-5)36(26-15-4)32-35(18-7)30-25-22-13-2/h12,14-17,19-21,23-24,26-32H,5,9-11,13,18,22,25H2,1-4,6-8H3/b21-12-,23-14-,26-15-,28-17-,29-24-,35-30+,36-32-,37-19-,39-31+,40-27?,41-38-. The lowest BCUT2D eigenvalue weighted by Crippen LogP contribution is -2.03. The maximum absolute atomic E-state index is 4.46. The molecule has 0 aromatic carbocycles. The van der Waals surface area contributed by atoms with Gasteiger partial charge in [0.1, 0.15) is 0 Å². The van der Waals surface area contributed by atoms with Gasteiger partial charge in [-0.1, -0.05) is 162 Å². The van der Waals surface area contributed by atoms with Crippen LogP contribution >= 0.6 is 0 Å². The molecule has 0 spiro atoms. The summed E-state index contributed by atoms with van der Waals surface area (Å²) in [4.78, 5) is 0. The average molecular weight is 547 g/mol. The molecule has 218 valence electrons. The van der Waals surface area contributed by atoms with Gasteiger partial charge < -0.3 is 0 Å². The molecule has 41 heavy (non-hydrogen) atoms. The molecular weight excluding hydrogens is 492 g/mol. The van der Waals surface area contributed by atoms with Gasteiger partial charge in [0, 0.05) is 0 Å². The molecule has 0 nitrogen and oxygen atoms in total. The van der Waals surface area contributed by atoms with Gasteiger partial charge in [0.25, 0.3) is 0 Å². The summed E-state index contributed by atoms with van der Waals surface area (Å²) in [5.74, 6) is 0. The summed E-state index contributed by atoms with van der Waals surface area (Å²) in [5, 5.41) is 0. The monoisotopic (exact) mass is 546 g/mol. The van der Waals surface area contributed by atoms with Gasteiger partial charge in [0.15, 0.2) is 0 Å². The quantitative estimate of drug-likeness (QED) is 0.118. The lowest BCUT2D eigenvalue weighted by Gasteiger charge is -2.21. The molecule has 0 aliphatic rings. The predicted octanol–water partition coefficient (Wildman–Crippen LogP) is 12.9. The summed E-state index contributed by atoms with van der Waals surface area (Å²) >= 11 is 0. The normalized spacial score (nSPS) is 15.1. The van der Waals surface area contributed by atoms with Gasteiger partial charge in [-0.2, -0.15) is 0 Å². The van der Waals surface area contributed by atoms with Crippen molar-refractivity contribution in [3.63, 3.8) is 0 Å². The Kier molecular flexibility index (Phi) is 20.7. The average Bonchev–Trinajstić information content (AvgIpc) is 2.97. The molecule has 0 aromatic heterocycles. The third kappa shape index (κ3) is 12.9. The van der Waals surface area contributed by atoms with E-state index in [-0.39, 0.29) is 0 Å². The van der Waals surface area contributed by atoms with Crippen molar-refractivity contribution >= 4 is 0 Å². The number of hydrogen-bond acceptors (Lipinski definition) is 0. The third-order valence-electron chi connectivity index (χ3n) is 6.41. The van der Waals surface area contributed by atoms with E-state index in [9.17, 15) is 0 Å². The van der Waals surface area contributed by atoms with Crippen LogP contribution in [-0.2, 0) is 0 Å². The van der Waals surface area contributed by atoms with Crippen molar-refractivity contribution in [1.29, 1.82) is 0 Å². The molecule has 0 unspecified atom stereocenters. The minimum Gasteiger partial charge on any atom is -0.0990 e. The van der Waals surface area contributed by atoms with Crippen molar-refractivity contribution in [3.8, 4) is 0 Å². The zero-order valence-electron chi connectivity index (χ0n) is 27.0. The van der Waals surface area contributed by atoms with E-state index in [1.165, 1.54) is 18.4 Å². The van der Waals surface area contributed by atoms with Crippen LogP contribution in [0.25, 0.3) is 0 Å². The van der Waals surface area contributed by atoms with E-state index in [1.807, 2.05) is 69.4 Å². The van der Waals surface area contributed by atoms with Crippen LogP contribution in [0.2, 0.25) is 0 Å². The van der Waals surface area contributed by atoms with E-state index in [0.717, 1.165) is 57.4 Å². The Morgan fingerprint density at radius 1 is 0.683 bits per heavy atom. The van der Waals surface area contributed by atoms with Crippen molar-refractivity contribution < 1.29 is 0 Å². The number of rotatable bonds is 18. The first kappa shape index (κ1) is 37.1. The first-order chi connectivity index (χ1) is 19.8. The summed E-state index contributed by atoms with van der Waals surface area (Å²) < 4.78 is 0. The van der Waals surface area contributed by atoms with Gasteiger partial charge in [0.2, 0.25) is 0 Å². The number of allylic oxidation sites excluding steroid dienone is 26. The molecule has 0 heteroatoms. The Bertz CT molecular complexity index is 1230. The van der Waals surface area contributed by atoms with Gasteiger partial charge in [-0.3, -0.25) is 0 Å². The highest BCUT2D eigenvalue weighted by atomic mass is 14.2. The highest BCUT2D eigenvalue weighted by Gasteiger charge is 2.18. The van der Waals surface area contributed by atoms with Crippen molar-refractivity contribution in [1.82, 2.24) is 0 Å². The number of hydrogen-bond donors (Lipinski definition) is 0. The van der Waals surface area contributed by atoms with Gasteiger partial charge in [-0.25, -0.2) is 0 Å². The maximum atomic E-state index is 4.46. The molecule has 0 aliphatic heterocycles. The summed E-state index contributed by atoms with van der Waals surface area (Å²) in [6.07, 6.45) is 39.8. The van der Waals surface area contributed by atoms with E-state index >= 15 is 0 Å². The Morgan fingerprint density at radius 3 is 1.88 bits per heavy atom. The van der Waals surface area contributed by atoms with Gasteiger partial charge in [0.05, 0.1) is 0 Å². The number of unbranched alkanes of at least 4 members (excludes halogenated alkanes) is 2. The van der Waals surface area contributed by atoms with Gasteiger partial charge in [-0.05, 0) is 92.0 Å². The molecule has 0 bridgehead atoms. The molecule has 0 aliphatic carbocycles. The lowest BCUT2D eigenvalue weighted by molar-refractivity contribution is 0.809. The van der Waals surface area contributed by atoms with E-state index in [2.05, 4.69) is 109 Å². The van der Waals surface area contributed by atoms with Crippen LogP contribution < -0.4 is 0 Å². The zero-order chi connectivity index (χ0) is 31.0. The van der Waals surface area contributed by atoms with Crippen LogP contribution in [0.1, 0.15) is 74.1 Å². The van der Waals surface area contributed by atoms with Crippen LogP contribution in [-0.4, -0.2) is 0 Å². The van der Waals surface area contributed by atoms with Crippen LogP contribution in [0.4, 0.5) is 0 Å². The van der Waals surface area contributed by atoms with Crippen molar-refractivity contribution in [3.05, 3.63) is 180 Å². The molecule has 0 aromatic rings. The molecule has 0 saturated heterocycles. The SMILES string of the molecule is C=CC=C(C(/C=C\C)=C\C(=C\CCCC)CC)C(=C\C)/C(C=C)=C(/C=C\C)C(=C\C=C/C)\C(=C)C(=C)/C=C\C=C/C. The van der Waals surface area contributed by atoms with Gasteiger partial charge >= 0.3 is 0 Å². The van der Waals surface area contributed by atoms with Crippen LogP contribution in [0, 0.1) is 0 Å². The summed E-state index contributed by atoms with van der Waals surface area (Å²) in [7, 11) is 0. The Labute approximate surface area is 253 Å². The minimum absolute atomic E-state index is 0.854. The van der Waals surface area contributed by atoms with Crippen LogP contribution in [0.3, 0.4) is 0 Å². The predicted molar refractivity (Wildman–Crippen MR) is 190 cm³/mol. The van der Waals surface area contributed by atoms with Crippen LogP contribution in [0.15, 0.2) is 180 Å². The Hall–Kier alpha value is -3.90. The molecule has 0 heterocycles. The first-order valence-electron chi connectivity index (χ1n) is 14.9. The molecular formula is C41H54. The van der Waals surface area contributed by atoms with Gasteiger partial charge in [-0.15, -0.1) is 0 Å². The Morgan fingerprint density at radius 2 is 1.37 bits per heavy atom. The molecule has 0 N–H and O–H groups in total. The van der Waals surface area contributed by atoms with Crippen LogP contribution in [0.5, 0.6) is 0 Å².